The van der Waals surface area contributed by atoms with E-state index in [1.165, 1.54) is 50.8 Å². The van der Waals surface area contributed by atoms with Crippen LogP contribution in [0.4, 0.5) is 0 Å². The highest BCUT2D eigenvalue weighted by atomic mass is 32.2. The Labute approximate surface area is 137 Å². The SMILES string of the molecule is CC1=C(C)SC(=C2SC(C)=C(c3csc(=O)s3)S2)S1. The van der Waals surface area contributed by atoms with E-state index in [2.05, 4.69) is 20.8 Å². The quantitative estimate of drug-likeness (QED) is 0.590. The van der Waals surface area contributed by atoms with Gasteiger partial charge < -0.3 is 0 Å². The van der Waals surface area contributed by atoms with E-state index in [9.17, 15) is 4.79 Å². The molecule has 19 heavy (non-hydrogen) atoms. The van der Waals surface area contributed by atoms with Crippen molar-refractivity contribution in [3.05, 3.63) is 42.3 Å². The Bertz CT molecular complexity index is 671. The van der Waals surface area contributed by atoms with Crippen LogP contribution in [0.25, 0.3) is 4.91 Å². The monoisotopic (exact) mass is 362 g/mol. The molecule has 3 rings (SSSR count). The Balaban J connectivity index is 1.87. The summed E-state index contributed by atoms with van der Waals surface area (Å²) in [5.74, 6) is 0. The first-order valence-corrected chi connectivity index (χ1v) is 10.4. The van der Waals surface area contributed by atoms with Crippen molar-refractivity contribution in [1.29, 1.82) is 0 Å². The van der Waals surface area contributed by atoms with Gasteiger partial charge in [-0.25, -0.2) is 0 Å². The fourth-order valence-electron chi connectivity index (χ4n) is 1.54. The van der Waals surface area contributed by atoms with E-state index in [0.29, 0.717) is 0 Å². The molecule has 0 unspecified atom stereocenters. The average molecular weight is 363 g/mol. The summed E-state index contributed by atoms with van der Waals surface area (Å²) in [6, 6.07) is 0. The first-order valence-electron chi connectivity index (χ1n) is 5.47. The van der Waals surface area contributed by atoms with Gasteiger partial charge in [-0.05, 0) is 30.6 Å². The van der Waals surface area contributed by atoms with Crippen molar-refractivity contribution < 1.29 is 0 Å². The topological polar surface area (TPSA) is 17.1 Å². The lowest BCUT2D eigenvalue weighted by Gasteiger charge is -2.01. The molecule has 0 amide bonds. The molecule has 1 aromatic heterocycles. The molecule has 0 bridgehead atoms. The third-order valence-corrected chi connectivity index (χ3v) is 10.5. The molecule has 0 saturated carbocycles. The molecule has 0 spiro atoms. The number of hydrogen-bond donors (Lipinski definition) is 0. The highest BCUT2D eigenvalue weighted by molar-refractivity contribution is 8.35. The van der Waals surface area contributed by atoms with Gasteiger partial charge in [-0.15, -0.1) is 0 Å². The molecule has 1 aromatic rings. The van der Waals surface area contributed by atoms with Crippen molar-refractivity contribution in [1.82, 2.24) is 0 Å². The fraction of sp³-hybridized carbons (Fsp3) is 0.250. The van der Waals surface area contributed by atoms with E-state index in [4.69, 9.17) is 0 Å². The number of rotatable bonds is 1. The summed E-state index contributed by atoms with van der Waals surface area (Å²) in [6.45, 7) is 6.50. The second-order valence-corrected chi connectivity index (χ2v) is 11.3. The van der Waals surface area contributed by atoms with Crippen LogP contribution >= 0.6 is 69.7 Å². The maximum Gasteiger partial charge on any atom is 0.287 e. The highest BCUT2D eigenvalue weighted by Crippen LogP contribution is 2.61. The van der Waals surface area contributed by atoms with Gasteiger partial charge in [0.2, 0.25) is 0 Å². The first kappa shape index (κ1) is 14.4. The van der Waals surface area contributed by atoms with Gasteiger partial charge in [0.15, 0.2) is 0 Å². The molecule has 0 fully saturated rings. The maximum atomic E-state index is 11.3. The molecular weight excluding hydrogens is 353 g/mol. The lowest BCUT2D eigenvalue weighted by molar-refractivity contribution is 1.57. The van der Waals surface area contributed by atoms with Crippen LogP contribution in [0.5, 0.6) is 0 Å². The van der Waals surface area contributed by atoms with Crippen molar-refractivity contribution in [3.63, 3.8) is 0 Å². The van der Waals surface area contributed by atoms with Crippen molar-refractivity contribution in [2.24, 2.45) is 0 Å². The van der Waals surface area contributed by atoms with Crippen LogP contribution in [0.15, 0.2) is 33.4 Å². The largest absolute Gasteiger partial charge is 0.287 e. The van der Waals surface area contributed by atoms with Gasteiger partial charge in [-0.3, -0.25) is 4.79 Å². The first-order chi connectivity index (χ1) is 9.04. The second kappa shape index (κ2) is 5.69. The predicted octanol–water partition coefficient (Wildman–Crippen LogP) is 6.20. The van der Waals surface area contributed by atoms with Gasteiger partial charge in [-0.1, -0.05) is 69.7 Å². The minimum atomic E-state index is 0.181. The van der Waals surface area contributed by atoms with Gasteiger partial charge in [-0.2, -0.15) is 0 Å². The molecule has 1 nitrogen and oxygen atoms in total. The summed E-state index contributed by atoms with van der Waals surface area (Å²) in [5, 5.41) is 1.98. The number of allylic oxidation sites excluding steroid dienone is 3. The van der Waals surface area contributed by atoms with E-state index in [1.807, 2.05) is 52.4 Å². The number of hydrogen-bond acceptors (Lipinski definition) is 7. The highest BCUT2D eigenvalue weighted by Gasteiger charge is 2.27. The Morgan fingerprint density at radius 3 is 2.00 bits per heavy atom. The van der Waals surface area contributed by atoms with Crippen LogP contribution < -0.4 is 4.06 Å². The van der Waals surface area contributed by atoms with E-state index in [0.717, 1.165) is 4.88 Å². The Morgan fingerprint density at radius 2 is 1.42 bits per heavy atom. The second-order valence-electron chi connectivity index (χ2n) is 3.93. The molecule has 2 aliphatic rings. The zero-order chi connectivity index (χ0) is 13.6. The van der Waals surface area contributed by atoms with E-state index in [-0.39, 0.29) is 4.06 Å². The van der Waals surface area contributed by atoms with Crippen LogP contribution in [0, 0.1) is 0 Å². The fourth-order valence-corrected chi connectivity index (χ4v) is 8.98. The standard InChI is InChI=1S/C12H10OS6/c1-5-6(2)16-10(15-5)11-17-7(3)9(19-11)8-4-14-12(13)18-8/h4H,1-3H3. The van der Waals surface area contributed by atoms with Gasteiger partial charge in [0.25, 0.3) is 4.06 Å². The molecule has 0 saturated heterocycles. The molecule has 2 aliphatic heterocycles. The zero-order valence-corrected chi connectivity index (χ0v) is 15.3. The van der Waals surface area contributed by atoms with Crippen LogP contribution in [0.3, 0.4) is 0 Å². The Kier molecular flexibility index (Phi) is 4.32. The molecule has 0 N–H and O–H groups in total. The van der Waals surface area contributed by atoms with Crippen molar-refractivity contribution in [2.75, 3.05) is 0 Å². The molecule has 7 heteroatoms. The molecule has 0 aromatic carbocycles. The molecule has 100 valence electrons. The predicted molar refractivity (Wildman–Crippen MR) is 96.8 cm³/mol. The molecule has 0 aliphatic carbocycles. The van der Waals surface area contributed by atoms with Gasteiger partial charge in [0, 0.05) is 15.2 Å². The van der Waals surface area contributed by atoms with Crippen molar-refractivity contribution >= 4 is 74.6 Å². The van der Waals surface area contributed by atoms with Crippen molar-refractivity contribution in [2.45, 2.75) is 20.8 Å². The van der Waals surface area contributed by atoms with E-state index < -0.39 is 0 Å². The Morgan fingerprint density at radius 1 is 0.842 bits per heavy atom. The van der Waals surface area contributed by atoms with E-state index >= 15 is 0 Å². The van der Waals surface area contributed by atoms with Crippen LogP contribution in [-0.4, -0.2) is 0 Å². The van der Waals surface area contributed by atoms with Gasteiger partial charge >= 0.3 is 0 Å². The third kappa shape index (κ3) is 2.91. The van der Waals surface area contributed by atoms with E-state index in [1.54, 1.807) is 0 Å². The zero-order valence-electron chi connectivity index (χ0n) is 10.4. The van der Waals surface area contributed by atoms with Crippen LogP contribution in [0.1, 0.15) is 25.6 Å². The van der Waals surface area contributed by atoms with Crippen molar-refractivity contribution in [3.8, 4) is 0 Å². The number of thioether (sulfide) groups is 4. The maximum absolute atomic E-state index is 11.3. The van der Waals surface area contributed by atoms with Crippen LogP contribution in [-0.2, 0) is 0 Å². The summed E-state index contributed by atoms with van der Waals surface area (Å²) in [4.78, 5) is 17.8. The summed E-state index contributed by atoms with van der Waals surface area (Å²) < 4.78 is 2.94. The molecule has 0 radical (unpaired) electrons. The lowest BCUT2D eigenvalue weighted by atomic mass is 10.5. The molecule has 0 atom stereocenters. The third-order valence-electron chi connectivity index (χ3n) is 2.59. The minimum Gasteiger partial charge on any atom is -0.265 e. The minimum absolute atomic E-state index is 0.181. The normalized spacial score (nSPS) is 20.2. The Hall–Kier alpha value is 0.470. The average Bonchev–Trinajstić information content (AvgIpc) is 3.01. The summed E-state index contributed by atoms with van der Waals surface area (Å²) in [5.41, 5.74) is 0. The van der Waals surface area contributed by atoms with Crippen LogP contribution in [0.2, 0.25) is 0 Å². The summed E-state index contributed by atoms with van der Waals surface area (Å²) in [7, 11) is 0. The van der Waals surface area contributed by atoms with Gasteiger partial charge in [0.05, 0.1) is 13.4 Å². The summed E-state index contributed by atoms with van der Waals surface area (Å²) >= 11 is 10.1. The molecule has 3 heterocycles. The molecular formula is C12H10OS6. The lowest BCUT2D eigenvalue weighted by Crippen LogP contribution is -1.76. The van der Waals surface area contributed by atoms with Gasteiger partial charge in [0.1, 0.15) is 0 Å². The smallest absolute Gasteiger partial charge is 0.265 e. The summed E-state index contributed by atoms with van der Waals surface area (Å²) in [6.07, 6.45) is 0.